The van der Waals surface area contributed by atoms with Gasteiger partial charge in [-0.15, -0.1) is 0 Å². The molecule has 2 aromatic carbocycles. The number of ether oxygens (including phenoxy) is 1. The lowest BCUT2D eigenvalue weighted by Crippen LogP contribution is -2.10. The first-order valence-corrected chi connectivity index (χ1v) is 6.60. The molecule has 0 fully saturated rings. The first kappa shape index (κ1) is 15.5. The Morgan fingerprint density at radius 3 is 2.52 bits per heavy atom. The standard InChI is InChI=1S/C15H13ClF3NO/c1-9(11-7-6-10(17)8-12(11)16)20-13-4-2-3-5-14(13)21-15(18)19/h2-9,15,20H,1H3. The molecular weight excluding hydrogens is 303 g/mol. The number of hydrogen-bond donors (Lipinski definition) is 1. The molecule has 0 aliphatic rings. The normalized spacial score (nSPS) is 12.3. The van der Waals surface area contributed by atoms with Gasteiger partial charge in [-0.25, -0.2) is 4.39 Å². The summed E-state index contributed by atoms with van der Waals surface area (Å²) >= 11 is 5.98. The van der Waals surface area contributed by atoms with E-state index >= 15 is 0 Å². The molecule has 2 rings (SSSR count). The highest BCUT2D eigenvalue weighted by atomic mass is 35.5. The van der Waals surface area contributed by atoms with Crippen LogP contribution in [0.15, 0.2) is 42.5 Å². The second kappa shape index (κ2) is 6.72. The number of hydrogen-bond acceptors (Lipinski definition) is 2. The molecule has 1 N–H and O–H groups in total. The predicted octanol–water partition coefficient (Wildman–Crippen LogP) is 5.25. The van der Waals surface area contributed by atoms with E-state index in [4.69, 9.17) is 11.6 Å². The molecular formula is C15H13ClF3NO. The lowest BCUT2D eigenvalue weighted by atomic mass is 10.1. The van der Waals surface area contributed by atoms with E-state index in [0.717, 1.165) is 0 Å². The molecule has 0 saturated heterocycles. The van der Waals surface area contributed by atoms with Crippen LogP contribution >= 0.6 is 11.6 Å². The average Bonchev–Trinajstić information content (AvgIpc) is 2.40. The van der Waals surface area contributed by atoms with E-state index in [1.807, 2.05) is 0 Å². The molecule has 0 amide bonds. The van der Waals surface area contributed by atoms with Crippen LogP contribution in [0.1, 0.15) is 18.5 Å². The van der Waals surface area contributed by atoms with E-state index in [2.05, 4.69) is 10.1 Å². The van der Waals surface area contributed by atoms with Crippen molar-refractivity contribution in [2.75, 3.05) is 5.32 Å². The van der Waals surface area contributed by atoms with Crippen LogP contribution in [0.5, 0.6) is 5.75 Å². The maximum absolute atomic E-state index is 13.0. The van der Waals surface area contributed by atoms with Gasteiger partial charge in [0, 0.05) is 5.02 Å². The van der Waals surface area contributed by atoms with Crippen LogP contribution in [0.25, 0.3) is 0 Å². The van der Waals surface area contributed by atoms with Gasteiger partial charge in [0.05, 0.1) is 11.7 Å². The summed E-state index contributed by atoms with van der Waals surface area (Å²) in [4.78, 5) is 0. The van der Waals surface area contributed by atoms with Crippen molar-refractivity contribution in [2.24, 2.45) is 0 Å². The lowest BCUT2D eigenvalue weighted by molar-refractivity contribution is -0.0493. The molecule has 0 saturated carbocycles. The Hall–Kier alpha value is -1.88. The van der Waals surface area contributed by atoms with Crippen LogP contribution in [0.4, 0.5) is 18.9 Å². The summed E-state index contributed by atoms with van der Waals surface area (Å²) in [5.74, 6) is -0.394. The number of nitrogens with one attached hydrogen (secondary N) is 1. The molecule has 0 bridgehead atoms. The largest absolute Gasteiger partial charge is 0.433 e. The van der Waals surface area contributed by atoms with Crippen molar-refractivity contribution in [3.8, 4) is 5.75 Å². The number of para-hydroxylation sites is 2. The lowest BCUT2D eigenvalue weighted by Gasteiger charge is -2.19. The average molecular weight is 316 g/mol. The van der Waals surface area contributed by atoms with E-state index in [1.165, 1.54) is 18.2 Å². The van der Waals surface area contributed by atoms with Crippen LogP contribution in [0, 0.1) is 5.82 Å². The molecule has 1 unspecified atom stereocenters. The van der Waals surface area contributed by atoms with Gasteiger partial charge in [0.25, 0.3) is 0 Å². The van der Waals surface area contributed by atoms with Crippen molar-refractivity contribution < 1.29 is 17.9 Å². The topological polar surface area (TPSA) is 21.3 Å². The van der Waals surface area contributed by atoms with Gasteiger partial charge in [0.1, 0.15) is 11.6 Å². The van der Waals surface area contributed by atoms with Crippen LogP contribution in [-0.4, -0.2) is 6.61 Å². The first-order chi connectivity index (χ1) is 9.97. The maximum Gasteiger partial charge on any atom is 0.387 e. The van der Waals surface area contributed by atoms with Gasteiger partial charge >= 0.3 is 6.61 Å². The predicted molar refractivity (Wildman–Crippen MR) is 76.5 cm³/mol. The van der Waals surface area contributed by atoms with Crippen molar-refractivity contribution in [1.82, 2.24) is 0 Å². The fourth-order valence-corrected chi connectivity index (χ4v) is 2.28. The van der Waals surface area contributed by atoms with Crippen molar-refractivity contribution >= 4 is 17.3 Å². The Labute approximate surface area is 125 Å². The zero-order chi connectivity index (χ0) is 15.4. The smallest absolute Gasteiger partial charge is 0.387 e. The van der Waals surface area contributed by atoms with E-state index in [-0.39, 0.29) is 16.8 Å². The molecule has 2 nitrogen and oxygen atoms in total. The van der Waals surface area contributed by atoms with Gasteiger partial charge in [-0.3, -0.25) is 0 Å². The monoisotopic (exact) mass is 315 g/mol. The molecule has 0 spiro atoms. The summed E-state index contributed by atoms with van der Waals surface area (Å²) in [5.41, 5.74) is 1.07. The summed E-state index contributed by atoms with van der Waals surface area (Å²) in [6, 6.07) is 10.1. The second-order valence-corrected chi connectivity index (χ2v) is 4.81. The molecule has 0 aliphatic heterocycles. The summed E-state index contributed by atoms with van der Waals surface area (Å²) in [7, 11) is 0. The SMILES string of the molecule is CC(Nc1ccccc1OC(F)F)c1ccc(F)cc1Cl. The summed E-state index contributed by atoms with van der Waals surface area (Å²) in [5, 5.41) is 3.29. The Balaban J connectivity index is 2.21. The third-order valence-electron chi connectivity index (χ3n) is 2.90. The van der Waals surface area contributed by atoms with Crippen molar-refractivity contribution in [2.45, 2.75) is 19.6 Å². The molecule has 2 aromatic rings. The third-order valence-corrected chi connectivity index (χ3v) is 3.23. The highest BCUT2D eigenvalue weighted by Crippen LogP contribution is 2.31. The Morgan fingerprint density at radius 2 is 1.86 bits per heavy atom. The molecule has 0 aromatic heterocycles. The van der Waals surface area contributed by atoms with Gasteiger partial charge in [-0.1, -0.05) is 29.8 Å². The maximum atomic E-state index is 13.0. The molecule has 21 heavy (non-hydrogen) atoms. The molecule has 1 atom stereocenters. The van der Waals surface area contributed by atoms with Crippen molar-refractivity contribution in [3.63, 3.8) is 0 Å². The number of alkyl halides is 2. The van der Waals surface area contributed by atoms with Gasteiger partial charge in [-0.05, 0) is 36.8 Å². The van der Waals surface area contributed by atoms with Crippen LogP contribution < -0.4 is 10.1 Å². The molecule has 0 aliphatic carbocycles. The zero-order valence-electron chi connectivity index (χ0n) is 11.1. The van der Waals surface area contributed by atoms with Crippen LogP contribution in [-0.2, 0) is 0 Å². The quantitative estimate of drug-likeness (QED) is 0.813. The number of rotatable bonds is 5. The number of benzene rings is 2. The Bertz CT molecular complexity index is 622. The fourth-order valence-electron chi connectivity index (χ4n) is 1.95. The van der Waals surface area contributed by atoms with Crippen LogP contribution in [0.2, 0.25) is 5.02 Å². The van der Waals surface area contributed by atoms with E-state index < -0.39 is 12.4 Å². The minimum Gasteiger partial charge on any atom is -0.433 e. The van der Waals surface area contributed by atoms with Crippen molar-refractivity contribution in [3.05, 3.63) is 58.9 Å². The highest BCUT2D eigenvalue weighted by molar-refractivity contribution is 6.31. The zero-order valence-corrected chi connectivity index (χ0v) is 11.9. The Morgan fingerprint density at radius 1 is 1.14 bits per heavy atom. The minimum absolute atomic E-state index is 0.0394. The van der Waals surface area contributed by atoms with Crippen molar-refractivity contribution in [1.29, 1.82) is 0 Å². The minimum atomic E-state index is -2.90. The number of anilines is 1. The number of halogens is 4. The van der Waals surface area contributed by atoms with E-state index in [0.29, 0.717) is 11.3 Å². The van der Waals surface area contributed by atoms with Gasteiger partial charge < -0.3 is 10.1 Å². The van der Waals surface area contributed by atoms with Gasteiger partial charge in [-0.2, -0.15) is 8.78 Å². The molecule has 112 valence electrons. The van der Waals surface area contributed by atoms with E-state index in [1.54, 1.807) is 31.2 Å². The van der Waals surface area contributed by atoms with Crippen LogP contribution in [0.3, 0.4) is 0 Å². The summed E-state index contributed by atoms with van der Waals surface area (Å²) in [6.45, 7) is -1.11. The first-order valence-electron chi connectivity index (χ1n) is 6.22. The molecule has 0 heterocycles. The van der Waals surface area contributed by atoms with Gasteiger partial charge in [0.2, 0.25) is 0 Å². The van der Waals surface area contributed by atoms with Gasteiger partial charge in [0.15, 0.2) is 0 Å². The Kier molecular flexibility index (Phi) is 4.96. The third kappa shape index (κ3) is 4.04. The molecule has 6 heteroatoms. The molecule has 0 radical (unpaired) electrons. The van der Waals surface area contributed by atoms with E-state index in [9.17, 15) is 13.2 Å². The highest BCUT2D eigenvalue weighted by Gasteiger charge is 2.14. The summed E-state index contributed by atoms with van der Waals surface area (Å²) < 4.78 is 42.2. The second-order valence-electron chi connectivity index (χ2n) is 4.41. The summed E-state index contributed by atoms with van der Waals surface area (Å²) in [6.07, 6.45) is 0. The fraction of sp³-hybridized carbons (Fsp3) is 0.200.